The molecule has 6 heteroatoms. The van der Waals surface area contributed by atoms with Crippen molar-refractivity contribution in [2.24, 2.45) is 5.92 Å². The first-order chi connectivity index (χ1) is 8.24. The Labute approximate surface area is 112 Å². The van der Waals surface area contributed by atoms with Crippen LogP contribution in [0.3, 0.4) is 0 Å². The number of hydrogen-bond acceptors (Lipinski definition) is 4. The Morgan fingerprint density at radius 2 is 1.94 bits per heavy atom. The molecule has 1 saturated heterocycles. The van der Waals surface area contributed by atoms with Gasteiger partial charge in [0.1, 0.15) is 0 Å². The zero-order valence-electron chi connectivity index (χ0n) is 12.2. The van der Waals surface area contributed by atoms with E-state index in [1.165, 1.54) is 0 Å². The minimum absolute atomic E-state index is 0.193. The summed E-state index contributed by atoms with van der Waals surface area (Å²) >= 11 is 0. The monoisotopic (exact) mass is 277 g/mol. The third-order valence-corrected chi connectivity index (χ3v) is 5.31. The van der Waals surface area contributed by atoms with E-state index >= 15 is 0 Å². The number of likely N-dealkylation sites (N-methyl/N-ethyl adjacent to an activating group) is 1. The van der Waals surface area contributed by atoms with E-state index in [2.05, 4.69) is 17.1 Å². The fourth-order valence-electron chi connectivity index (χ4n) is 2.41. The molecule has 5 nitrogen and oxygen atoms in total. The summed E-state index contributed by atoms with van der Waals surface area (Å²) in [5.41, 5.74) is 0. The quantitative estimate of drug-likeness (QED) is 0.753. The summed E-state index contributed by atoms with van der Waals surface area (Å²) in [5, 5.41) is 3.15. The molecule has 0 aromatic heterocycles. The van der Waals surface area contributed by atoms with Crippen LogP contribution in [0.25, 0.3) is 0 Å². The second kappa shape index (κ2) is 6.32. The predicted molar refractivity (Wildman–Crippen MR) is 75.1 cm³/mol. The average molecular weight is 277 g/mol. The molecule has 0 bridgehead atoms. The molecule has 0 saturated carbocycles. The number of rotatable bonds is 6. The van der Waals surface area contributed by atoms with E-state index in [4.69, 9.17) is 0 Å². The van der Waals surface area contributed by atoms with E-state index in [-0.39, 0.29) is 5.75 Å². The van der Waals surface area contributed by atoms with Crippen LogP contribution in [0.1, 0.15) is 20.8 Å². The normalized spacial score (nSPS) is 26.4. The van der Waals surface area contributed by atoms with Gasteiger partial charge in [-0.25, -0.2) is 8.42 Å². The molecule has 2 atom stereocenters. The SMILES string of the molecule is CC(C)NCCS(=O)(=O)N1CC(C)C(N(C)C)C1. The van der Waals surface area contributed by atoms with Gasteiger partial charge in [0.05, 0.1) is 5.75 Å². The molecule has 0 aliphatic carbocycles. The molecular weight excluding hydrogens is 250 g/mol. The molecule has 1 rings (SSSR count). The van der Waals surface area contributed by atoms with E-state index in [1.54, 1.807) is 4.31 Å². The smallest absolute Gasteiger partial charge is 0.215 e. The van der Waals surface area contributed by atoms with Crippen molar-refractivity contribution in [1.82, 2.24) is 14.5 Å². The molecular formula is C12H27N3O2S. The van der Waals surface area contributed by atoms with E-state index < -0.39 is 10.0 Å². The van der Waals surface area contributed by atoms with Crippen molar-refractivity contribution in [1.29, 1.82) is 0 Å². The Morgan fingerprint density at radius 3 is 2.39 bits per heavy atom. The zero-order valence-corrected chi connectivity index (χ0v) is 13.0. The average Bonchev–Trinajstić information content (AvgIpc) is 2.60. The largest absolute Gasteiger partial charge is 0.313 e. The minimum Gasteiger partial charge on any atom is -0.313 e. The van der Waals surface area contributed by atoms with Crippen molar-refractivity contribution < 1.29 is 8.42 Å². The molecule has 1 aliphatic rings. The summed E-state index contributed by atoms with van der Waals surface area (Å²) in [6.45, 7) is 7.95. The first kappa shape index (κ1) is 15.9. The molecule has 2 unspecified atom stereocenters. The van der Waals surface area contributed by atoms with Gasteiger partial charge in [-0.15, -0.1) is 0 Å². The Hall–Kier alpha value is -0.170. The fourth-order valence-corrected chi connectivity index (χ4v) is 3.89. The topological polar surface area (TPSA) is 52.7 Å². The number of sulfonamides is 1. The summed E-state index contributed by atoms with van der Waals surface area (Å²) in [6, 6.07) is 0.657. The lowest BCUT2D eigenvalue weighted by Crippen LogP contribution is -2.38. The third-order valence-electron chi connectivity index (χ3n) is 3.51. The van der Waals surface area contributed by atoms with Gasteiger partial charge >= 0.3 is 0 Å². The summed E-state index contributed by atoms with van der Waals surface area (Å²) < 4.78 is 26.0. The number of nitrogens with one attached hydrogen (secondary N) is 1. The molecule has 1 fully saturated rings. The van der Waals surface area contributed by atoms with Gasteiger partial charge in [0.2, 0.25) is 10.0 Å². The maximum atomic E-state index is 12.2. The van der Waals surface area contributed by atoms with Crippen molar-refractivity contribution >= 4 is 10.0 Å². The van der Waals surface area contributed by atoms with Crippen molar-refractivity contribution in [3.8, 4) is 0 Å². The van der Waals surface area contributed by atoms with E-state index in [0.717, 1.165) is 0 Å². The Kier molecular flexibility index (Phi) is 5.58. The molecule has 0 radical (unpaired) electrons. The van der Waals surface area contributed by atoms with Crippen LogP contribution >= 0.6 is 0 Å². The number of hydrogen-bond donors (Lipinski definition) is 1. The zero-order chi connectivity index (χ0) is 13.9. The fraction of sp³-hybridized carbons (Fsp3) is 1.00. The predicted octanol–water partition coefficient (Wildman–Crippen LogP) is 0.196. The second-order valence-electron chi connectivity index (χ2n) is 5.75. The van der Waals surface area contributed by atoms with Crippen molar-refractivity contribution in [2.75, 3.05) is 39.5 Å². The van der Waals surface area contributed by atoms with Crippen LogP contribution in [0.15, 0.2) is 0 Å². The van der Waals surface area contributed by atoms with Gasteiger partial charge in [0.15, 0.2) is 0 Å². The van der Waals surface area contributed by atoms with Gasteiger partial charge in [0, 0.05) is 31.7 Å². The standard InChI is InChI=1S/C12H27N3O2S/c1-10(2)13-6-7-18(16,17)15-8-11(3)12(9-15)14(4)5/h10-13H,6-9H2,1-5H3. The number of nitrogens with zero attached hydrogens (tertiary/aromatic N) is 2. The van der Waals surface area contributed by atoms with Crippen LogP contribution in [-0.4, -0.2) is 69.2 Å². The van der Waals surface area contributed by atoms with Gasteiger partial charge in [-0.2, -0.15) is 4.31 Å². The first-order valence-corrected chi connectivity index (χ1v) is 8.22. The lowest BCUT2D eigenvalue weighted by atomic mass is 10.1. The molecule has 18 heavy (non-hydrogen) atoms. The molecule has 0 aromatic rings. The summed E-state index contributed by atoms with van der Waals surface area (Å²) in [4.78, 5) is 2.12. The molecule has 1 aliphatic heterocycles. The van der Waals surface area contributed by atoms with Crippen molar-refractivity contribution in [3.05, 3.63) is 0 Å². The second-order valence-corrected chi connectivity index (χ2v) is 7.84. The van der Waals surface area contributed by atoms with Crippen LogP contribution in [0.5, 0.6) is 0 Å². The summed E-state index contributed by atoms with van der Waals surface area (Å²) in [6.07, 6.45) is 0. The van der Waals surface area contributed by atoms with E-state index in [0.29, 0.717) is 37.6 Å². The Morgan fingerprint density at radius 1 is 1.33 bits per heavy atom. The maximum absolute atomic E-state index is 12.2. The third kappa shape index (κ3) is 4.19. The van der Waals surface area contributed by atoms with Crippen LogP contribution < -0.4 is 5.32 Å². The van der Waals surface area contributed by atoms with Gasteiger partial charge in [-0.1, -0.05) is 20.8 Å². The van der Waals surface area contributed by atoms with Gasteiger partial charge in [-0.05, 0) is 20.0 Å². The summed E-state index contributed by atoms with van der Waals surface area (Å²) in [5.74, 6) is 0.589. The van der Waals surface area contributed by atoms with Gasteiger partial charge in [-0.3, -0.25) is 0 Å². The van der Waals surface area contributed by atoms with Crippen molar-refractivity contribution in [2.45, 2.75) is 32.9 Å². The molecule has 1 heterocycles. The van der Waals surface area contributed by atoms with Crippen LogP contribution in [0, 0.1) is 5.92 Å². The maximum Gasteiger partial charge on any atom is 0.215 e. The molecule has 0 amide bonds. The van der Waals surface area contributed by atoms with E-state index in [9.17, 15) is 8.42 Å². The minimum atomic E-state index is -3.11. The van der Waals surface area contributed by atoms with Crippen LogP contribution in [-0.2, 0) is 10.0 Å². The lowest BCUT2D eigenvalue weighted by molar-refractivity contribution is 0.263. The highest BCUT2D eigenvalue weighted by Crippen LogP contribution is 2.22. The van der Waals surface area contributed by atoms with Crippen LogP contribution in [0.4, 0.5) is 0 Å². The molecule has 0 spiro atoms. The molecule has 108 valence electrons. The van der Waals surface area contributed by atoms with Crippen molar-refractivity contribution in [3.63, 3.8) is 0 Å². The Bertz CT molecular complexity index is 354. The van der Waals surface area contributed by atoms with E-state index in [1.807, 2.05) is 27.9 Å². The van der Waals surface area contributed by atoms with Crippen LogP contribution in [0.2, 0.25) is 0 Å². The highest BCUT2D eigenvalue weighted by molar-refractivity contribution is 7.89. The highest BCUT2D eigenvalue weighted by atomic mass is 32.2. The van der Waals surface area contributed by atoms with Gasteiger partial charge < -0.3 is 10.2 Å². The first-order valence-electron chi connectivity index (χ1n) is 6.61. The highest BCUT2D eigenvalue weighted by Gasteiger charge is 2.36. The Balaban J connectivity index is 2.54. The summed E-state index contributed by atoms with van der Waals surface area (Å²) in [7, 11) is 0.912. The van der Waals surface area contributed by atoms with Gasteiger partial charge in [0.25, 0.3) is 0 Å². The lowest BCUT2D eigenvalue weighted by Gasteiger charge is -2.22. The molecule has 1 N–H and O–H groups in total. The molecule has 0 aromatic carbocycles.